The smallest absolute Gasteiger partial charge is 0.235 e. The van der Waals surface area contributed by atoms with Crippen LogP contribution in [0.4, 0.5) is 15.9 Å². The Morgan fingerprint density at radius 2 is 2.03 bits per heavy atom. The first-order valence-corrected chi connectivity index (χ1v) is 12.2. The second-order valence-electron chi connectivity index (χ2n) is 7.61. The van der Waals surface area contributed by atoms with Gasteiger partial charge in [-0.25, -0.2) is 22.8 Å². The van der Waals surface area contributed by atoms with Crippen molar-refractivity contribution < 1.29 is 22.3 Å². The molecule has 0 unspecified atom stereocenters. The van der Waals surface area contributed by atoms with Crippen LogP contribution < -0.4 is 20.1 Å². The van der Waals surface area contributed by atoms with Gasteiger partial charge in [0, 0.05) is 6.42 Å². The van der Waals surface area contributed by atoms with E-state index >= 15 is 0 Å². The van der Waals surface area contributed by atoms with Crippen LogP contribution >= 0.6 is 0 Å². The Kier molecular flexibility index (Phi) is 7.97. The van der Waals surface area contributed by atoms with Crippen LogP contribution in [-0.2, 0) is 21.2 Å². The van der Waals surface area contributed by atoms with Gasteiger partial charge in [0.05, 0.1) is 17.0 Å². The molecule has 2 aromatic rings. The predicted molar refractivity (Wildman–Crippen MR) is 119 cm³/mol. The molecule has 174 valence electrons. The van der Waals surface area contributed by atoms with Gasteiger partial charge in [0.2, 0.25) is 21.8 Å². The molecule has 1 aromatic carbocycles. The second-order valence-corrected chi connectivity index (χ2v) is 9.45. The molecule has 2 heterocycles. The molecule has 1 aromatic heterocycles. The van der Waals surface area contributed by atoms with Crippen molar-refractivity contribution in [3.63, 3.8) is 0 Å². The van der Waals surface area contributed by atoms with Crippen LogP contribution in [0.1, 0.15) is 37.3 Å². The van der Waals surface area contributed by atoms with Crippen LogP contribution in [0.25, 0.3) is 0 Å². The summed E-state index contributed by atoms with van der Waals surface area (Å²) in [5.41, 5.74) is 1.37. The molecule has 3 N–H and O–H groups in total. The summed E-state index contributed by atoms with van der Waals surface area (Å²) in [7, 11) is -3.76. The third-order valence-corrected chi connectivity index (χ3v) is 6.42. The minimum atomic E-state index is -3.76. The fraction of sp³-hybridized carbons (Fsp3) is 0.476. The Labute approximate surface area is 187 Å². The molecule has 0 saturated carbocycles. The van der Waals surface area contributed by atoms with E-state index in [-0.39, 0.29) is 30.4 Å². The van der Waals surface area contributed by atoms with Crippen LogP contribution in [0.15, 0.2) is 24.5 Å². The van der Waals surface area contributed by atoms with E-state index < -0.39 is 21.7 Å². The number of halogens is 1. The maximum atomic E-state index is 14.7. The van der Waals surface area contributed by atoms with E-state index in [4.69, 9.17) is 4.74 Å². The monoisotopic (exact) mass is 465 g/mol. The van der Waals surface area contributed by atoms with E-state index in [0.29, 0.717) is 22.8 Å². The number of benzene rings is 1. The number of hydrogen-bond acceptors (Lipinski definition) is 8. The fourth-order valence-electron chi connectivity index (χ4n) is 3.24. The highest BCUT2D eigenvalue weighted by atomic mass is 32.2. The van der Waals surface area contributed by atoms with Gasteiger partial charge in [-0.3, -0.25) is 9.52 Å². The van der Waals surface area contributed by atoms with Gasteiger partial charge < -0.3 is 15.4 Å². The summed E-state index contributed by atoms with van der Waals surface area (Å²) in [4.78, 5) is 19.7. The summed E-state index contributed by atoms with van der Waals surface area (Å²) in [6.07, 6.45) is 3.37. The Bertz CT molecular complexity index is 1060. The first kappa shape index (κ1) is 23.9. The van der Waals surface area contributed by atoms with Crippen molar-refractivity contribution in [1.82, 2.24) is 20.0 Å². The molecule has 1 amide bonds. The molecular formula is C21H28FN5O4S. The molecule has 32 heavy (non-hydrogen) atoms. The van der Waals surface area contributed by atoms with Crippen molar-refractivity contribution >= 4 is 27.4 Å². The largest absolute Gasteiger partial charge is 0.474 e. The van der Waals surface area contributed by atoms with Gasteiger partial charge >= 0.3 is 0 Å². The lowest BCUT2D eigenvalue weighted by Gasteiger charge is -2.24. The number of carbonyl (C=O) groups is 1. The average Bonchev–Trinajstić information content (AvgIpc) is 2.77. The zero-order valence-electron chi connectivity index (χ0n) is 18.2. The first-order chi connectivity index (χ1) is 15.3. The standard InChI is InChI=1S/C21H28FN5O4S/c1-3-19(28)27-32(29,30)11-8-15-4-5-18(17(22)12-15)26-20-14(2)21(25-13-24-20)31-16-6-9-23-10-7-16/h4-5,12-13,16,23H,3,6-11H2,1-2H3,(H,27,28)(H,24,25,26). The van der Waals surface area contributed by atoms with Gasteiger partial charge in [-0.2, -0.15) is 0 Å². The first-order valence-electron chi connectivity index (χ1n) is 10.5. The number of sulfonamides is 1. The van der Waals surface area contributed by atoms with Gasteiger partial charge in [0.15, 0.2) is 0 Å². The van der Waals surface area contributed by atoms with Crippen LogP contribution in [0.5, 0.6) is 5.88 Å². The number of anilines is 2. The average molecular weight is 466 g/mol. The van der Waals surface area contributed by atoms with Crippen molar-refractivity contribution in [3.05, 3.63) is 41.5 Å². The summed E-state index contributed by atoms with van der Waals surface area (Å²) < 4.78 is 46.5. The van der Waals surface area contributed by atoms with E-state index in [2.05, 4.69) is 20.6 Å². The molecule has 1 aliphatic heterocycles. The van der Waals surface area contributed by atoms with E-state index in [1.807, 2.05) is 4.72 Å². The number of carbonyl (C=O) groups excluding carboxylic acids is 1. The Morgan fingerprint density at radius 1 is 1.28 bits per heavy atom. The van der Waals surface area contributed by atoms with Crippen molar-refractivity contribution in [2.75, 3.05) is 24.2 Å². The van der Waals surface area contributed by atoms with Crippen molar-refractivity contribution in [1.29, 1.82) is 0 Å². The van der Waals surface area contributed by atoms with Crippen molar-refractivity contribution in [3.8, 4) is 5.88 Å². The Morgan fingerprint density at radius 3 is 2.72 bits per heavy atom. The number of ether oxygens (including phenoxy) is 1. The second kappa shape index (κ2) is 10.7. The molecule has 0 radical (unpaired) electrons. The summed E-state index contributed by atoms with van der Waals surface area (Å²) in [5.74, 6) is -0.533. The van der Waals surface area contributed by atoms with Gasteiger partial charge in [0.1, 0.15) is 24.1 Å². The lowest BCUT2D eigenvalue weighted by Crippen LogP contribution is -2.34. The van der Waals surface area contributed by atoms with Crippen LogP contribution in [-0.4, -0.2) is 49.2 Å². The number of rotatable bonds is 9. The fourth-order valence-corrected chi connectivity index (χ4v) is 4.34. The summed E-state index contributed by atoms with van der Waals surface area (Å²) >= 11 is 0. The molecule has 9 nitrogen and oxygen atoms in total. The summed E-state index contributed by atoms with van der Waals surface area (Å²) in [5, 5.41) is 6.24. The zero-order valence-corrected chi connectivity index (χ0v) is 19.0. The number of hydrogen-bond donors (Lipinski definition) is 3. The number of amides is 1. The van der Waals surface area contributed by atoms with Crippen LogP contribution in [0.3, 0.4) is 0 Å². The van der Waals surface area contributed by atoms with E-state index in [1.165, 1.54) is 18.5 Å². The minimum Gasteiger partial charge on any atom is -0.474 e. The van der Waals surface area contributed by atoms with E-state index in [9.17, 15) is 17.6 Å². The molecule has 0 bridgehead atoms. The van der Waals surface area contributed by atoms with Gasteiger partial charge in [-0.05, 0) is 57.0 Å². The van der Waals surface area contributed by atoms with Crippen molar-refractivity contribution in [2.45, 2.75) is 45.6 Å². The Hall–Kier alpha value is -2.79. The Balaban J connectivity index is 1.65. The summed E-state index contributed by atoms with van der Waals surface area (Å²) in [6.45, 7) is 5.15. The molecule has 0 spiro atoms. The maximum absolute atomic E-state index is 14.7. The molecule has 1 fully saturated rings. The van der Waals surface area contributed by atoms with Crippen molar-refractivity contribution in [2.24, 2.45) is 0 Å². The molecule has 0 atom stereocenters. The zero-order chi connectivity index (χ0) is 23.1. The van der Waals surface area contributed by atoms with Gasteiger partial charge in [0.25, 0.3) is 0 Å². The normalized spacial score (nSPS) is 14.7. The highest BCUT2D eigenvalue weighted by molar-refractivity contribution is 7.90. The number of nitrogens with zero attached hydrogens (tertiary/aromatic N) is 2. The predicted octanol–water partition coefficient (Wildman–Crippen LogP) is 2.20. The quantitative estimate of drug-likeness (QED) is 0.515. The lowest BCUT2D eigenvalue weighted by molar-refractivity contribution is -0.119. The van der Waals surface area contributed by atoms with E-state index in [1.54, 1.807) is 19.9 Å². The minimum absolute atomic E-state index is 0.0707. The van der Waals surface area contributed by atoms with Gasteiger partial charge in [-0.1, -0.05) is 13.0 Å². The summed E-state index contributed by atoms with van der Waals surface area (Å²) in [6, 6.07) is 4.42. The number of aromatic nitrogens is 2. The third-order valence-electron chi connectivity index (χ3n) is 5.14. The lowest BCUT2D eigenvalue weighted by atomic mass is 10.1. The highest BCUT2D eigenvalue weighted by Crippen LogP contribution is 2.27. The molecule has 11 heteroatoms. The van der Waals surface area contributed by atoms with Crippen LogP contribution in [0, 0.1) is 12.7 Å². The maximum Gasteiger partial charge on any atom is 0.235 e. The molecule has 0 aliphatic carbocycles. The van der Waals surface area contributed by atoms with E-state index in [0.717, 1.165) is 25.9 Å². The molecular weight excluding hydrogens is 437 g/mol. The third kappa shape index (κ3) is 6.60. The molecule has 1 saturated heterocycles. The number of aryl methyl sites for hydroxylation is 1. The molecule has 1 aliphatic rings. The van der Waals surface area contributed by atoms with Gasteiger partial charge in [-0.15, -0.1) is 0 Å². The number of piperidine rings is 1. The number of nitrogens with one attached hydrogen (secondary N) is 3. The molecule has 3 rings (SSSR count). The van der Waals surface area contributed by atoms with Crippen LogP contribution in [0.2, 0.25) is 0 Å². The topological polar surface area (TPSA) is 122 Å². The SMILES string of the molecule is CCC(=O)NS(=O)(=O)CCc1ccc(Nc2ncnc(OC3CCNCC3)c2C)c(F)c1. The highest BCUT2D eigenvalue weighted by Gasteiger charge is 2.18.